The molecular weight excluding hydrogens is 550 g/mol. The first-order valence-electron chi connectivity index (χ1n) is 13.1. The van der Waals surface area contributed by atoms with Crippen LogP contribution in [0.1, 0.15) is 30.9 Å². The fourth-order valence-corrected chi connectivity index (χ4v) is 5.48. The summed E-state index contributed by atoms with van der Waals surface area (Å²) < 4.78 is 31.9. The summed E-state index contributed by atoms with van der Waals surface area (Å²) in [6.45, 7) is 2.69. The average molecular weight is 586 g/mol. The lowest BCUT2D eigenvalue weighted by molar-refractivity contribution is -0.141. The molecule has 0 spiro atoms. The van der Waals surface area contributed by atoms with Crippen LogP contribution in [-0.4, -0.2) is 57.6 Å². The number of halogens is 1. The molecule has 0 aliphatic carbocycles. The summed E-state index contributed by atoms with van der Waals surface area (Å²) in [7, 11) is -2.05. The molecule has 0 unspecified atom stereocenters. The minimum absolute atomic E-state index is 0.0545. The molecule has 1 N–H and O–H groups in total. The van der Waals surface area contributed by atoms with Gasteiger partial charge in [-0.2, -0.15) is 0 Å². The van der Waals surface area contributed by atoms with E-state index in [4.69, 9.17) is 16.3 Å². The second-order valence-electron chi connectivity index (χ2n) is 9.33. The van der Waals surface area contributed by atoms with Crippen LogP contribution in [0.15, 0.2) is 78.9 Å². The molecule has 0 radical (unpaired) electrons. The van der Waals surface area contributed by atoms with Gasteiger partial charge in [-0.05, 0) is 60.9 Å². The summed E-state index contributed by atoms with van der Waals surface area (Å²) in [5, 5.41) is 3.27. The zero-order chi connectivity index (χ0) is 29.1. The summed E-state index contributed by atoms with van der Waals surface area (Å²) in [4.78, 5) is 28.3. The predicted octanol–water partition coefficient (Wildman–Crippen LogP) is 4.67. The van der Waals surface area contributed by atoms with E-state index in [1.165, 1.54) is 4.31 Å². The van der Waals surface area contributed by atoms with Crippen molar-refractivity contribution in [2.45, 2.75) is 38.8 Å². The Bertz CT molecular complexity index is 1350. The van der Waals surface area contributed by atoms with E-state index >= 15 is 0 Å². The average Bonchev–Trinajstić information content (AvgIpc) is 2.94. The number of sulfonamides is 1. The van der Waals surface area contributed by atoms with E-state index in [-0.39, 0.29) is 37.7 Å². The SMILES string of the molecule is CCOc1ccc(N(CCCC(=O)N(Cc2ccc(Cl)cc2)[C@H](Cc2ccccc2)C(=O)NC)S(C)(=O)=O)cc1. The first-order valence-corrected chi connectivity index (χ1v) is 15.3. The molecule has 3 aromatic carbocycles. The van der Waals surface area contributed by atoms with Crippen LogP contribution in [0.2, 0.25) is 5.02 Å². The number of amides is 2. The van der Waals surface area contributed by atoms with E-state index < -0.39 is 16.1 Å². The lowest BCUT2D eigenvalue weighted by Crippen LogP contribution is -2.49. The number of nitrogens with zero attached hydrogens (tertiary/aromatic N) is 2. The highest BCUT2D eigenvalue weighted by Gasteiger charge is 2.30. The van der Waals surface area contributed by atoms with Crippen LogP contribution < -0.4 is 14.4 Å². The molecule has 214 valence electrons. The number of hydrogen-bond acceptors (Lipinski definition) is 5. The second-order valence-corrected chi connectivity index (χ2v) is 11.7. The van der Waals surface area contributed by atoms with E-state index in [0.29, 0.717) is 29.5 Å². The molecule has 3 aromatic rings. The van der Waals surface area contributed by atoms with Crippen molar-refractivity contribution in [2.24, 2.45) is 0 Å². The molecule has 3 rings (SSSR count). The highest BCUT2D eigenvalue weighted by molar-refractivity contribution is 7.92. The number of likely N-dealkylation sites (N-methyl/N-ethyl adjacent to an activating group) is 1. The number of hydrogen-bond donors (Lipinski definition) is 1. The number of anilines is 1. The molecule has 10 heteroatoms. The van der Waals surface area contributed by atoms with Gasteiger partial charge in [-0.15, -0.1) is 0 Å². The first-order chi connectivity index (χ1) is 19.1. The van der Waals surface area contributed by atoms with Crippen LogP contribution in [0.25, 0.3) is 0 Å². The molecule has 2 amide bonds. The van der Waals surface area contributed by atoms with E-state index in [9.17, 15) is 18.0 Å². The monoisotopic (exact) mass is 585 g/mol. The number of ether oxygens (including phenoxy) is 1. The number of carbonyl (C=O) groups is 2. The summed E-state index contributed by atoms with van der Waals surface area (Å²) in [5.74, 6) is 0.115. The predicted molar refractivity (Wildman–Crippen MR) is 159 cm³/mol. The Morgan fingerprint density at radius 2 is 1.60 bits per heavy atom. The molecule has 0 aromatic heterocycles. The maximum atomic E-state index is 13.7. The zero-order valence-corrected chi connectivity index (χ0v) is 24.6. The molecule has 0 heterocycles. The van der Waals surface area contributed by atoms with Crippen molar-refractivity contribution in [3.8, 4) is 5.75 Å². The Kier molecular flexibility index (Phi) is 11.4. The molecule has 1 atom stereocenters. The van der Waals surface area contributed by atoms with Gasteiger partial charge < -0.3 is 15.0 Å². The molecular formula is C30H36ClN3O5S. The van der Waals surface area contributed by atoms with Crippen LogP contribution >= 0.6 is 11.6 Å². The number of rotatable bonds is 14. The number of carbonyl (C=O) groups excluding carboxylic acids is 2. The minimum Gasteiger partial charge on any atom is -0.494 e. The number of nitrogens with one attached hydrogen (secondary N) is 1. The van der Waals surface area contributed by atoms with Gasteiger partial charge >= 0.3 is 0 Å². The van der Waals surface area contributed by atoms with E-state index in [1.54, 1.807) is 48.3 Å². The normalized spacial score (nSPS) is 11.9. The highest BCUT2D eigenvalue weighted by Crippen LogP contribution is 2.23. The first kappa shape index (κ1) is 31.0. The van der Waals surface area contributed by atoms with Crippen molar-refractivity contribution in [3.63, 3.8) is 0 Å². The van der Waals surface area contributed by atoms with Crippen molar-refractivity contribution < 1.29 is 22.7 Å². The van der Waals surface area contributed by atoms with E-state index in [2.05, 4.69) is 5.32 Å². The highest BCUT2D eigenvalue weighted by atomic mass is 35.5. The second kappa shape index (κ2) is 14.7. The van der Waals surface area contributed by atoms with Crippen molar-refractivity contribution in [3.05, 3.63) is 95.0 Å². The molecule has 8 nitrogen and oxygen atoms in total. The number of benzene rings is 3. The molecule has 40 heavy (non-hydrogen) atoms. The summed E-state index contributed by atoms with van der Waals surface area (Å²) in [6.07, 6.45) is 1.79. The van der Waals surface area contributed by atoms with Gasteiger partial charge in [0.2, 0.25) is 21.8 Å². The van der Waals surface area contributed by atoms with Gasteiger partial charge in [-0.25, -0.2) is 8.42 Å². The smallest absolute Gasteiger partial charge is 0.242 e. The van der Waals surface area contributed by atoms with E-state index in [0.717, 1.165) is 17.4 Å². The van der Waals surface area contributed by atoms with Gasteiger partial charge in [0.25, 0.3) is 0 Å². The van der Waals surface area contributed by atoms with Gasteiger partial charge in [0.15, 0.2) is 0 Å². The summed E-state index contributed by atoms with van der Waals surface area (Å²) in [5.41, 5.74) is 2.24. The Labute approximate surface area is 241 Å². The van der Waals surface area contributed by atoms with Crippen LogP contribution in [0.3, 0.4) is 0 Å². The third-order valence-corrected chi connectivity index (χ3v) is 7.82. The van der Waals surface area contributed by atoms with Crippen molar-refractivity contribution in [1.29, 1.82) is 0 Å². The van der Waals surface area contributed by atoms with Gasteiger partial charge in [0.05, 0.1) is 18.6 Å². The maximum Gasteiger partial charge on any atom is 0.242 e. The van der Waals surface area contributed by atoms with Gasteiger partial charge in [-0.1, -0.05) is 54.1 Å². The van der Waals surface area contributed by atoms with Crippen molar-refractivity contribution >= 4 is 39.1 Å². The Hall–Kier alpha value is -3.56. The zero-order valence-electron chi connectivity index (χ0n) is 23.0. The van der Waals surface area contributed by atoms with Gasteiger partial charge in [-0.3, -0.25) is 13.9 Å². The maximum absolute atomic E-state index is 13.7. The standard InChI is InChI=1S/C30H36ClN3O5S/c1-4-39-27-18-16-26(17-19-27)34(40(3,37)38)20-8-11-29(35)33(22-24-12-14-25(31)15-13-24)28(30(36)32-2)21-23-9-6-5-7-10-23/h5-7,9-10,12-19,28H,4,8,11,20-22H2,1-3H3,(H,32,36)/t28-/m1/s1. The third-order valence-electron chi connectivity index (χ3n) is 6.37. The lowest BCUT2D eigenvalue weighted by atomic mass is 10.0. The van der Waals surface area contributed by atoms with Crippen molar-refractivity contribution in [2.75, 3.05) is 30.8 Å². The molecule has 0 fully saturated rings. The van der Waals surface area contributed by atoms with Crippen molar-refractivity contribution in [1.82, 2.24) is 10.2 Å². The topological polar surface area (TPSA) is 96.0 Å². The lowest BCUT2D eigenvalue weighted by Gasteiger charge is -2.31. The Morgan fingerprint density at radius 3 is 2.17 bits per heavy atom. The summed E-state index contributed by atoms with van der Waals surface area (Å²) in [6, 6.07) is 22.7. The van der Waals surface area contributed by atoms with Gasteiger partial charge in [0, 0.05) is 38.0 Å². The summed E-state index contributed by atoms with van der Waals surface area (Å²) >= 11 is 6.06. The quantitative estimate of drug-likeness (QED) is 0.297. The third kappa shape index (κ3) is 8.99. The molecule has 0 saturated heterocycles. The largest absolute Gasteiger partial charge is 0.494 e. The molecule has 0 aliphatic heterocycles. The Morgan fingerprint density at radius 1 is 0.950 bits per heavy atom. The Balaban J connectivity index is 1.81. The van der Waals surface area contributed by atoms with E-state index in [1.807, 2.05) is 49.4 Å². The molecule has 0 saturated carbocycles. The fourth-order valence-electron chi connectivity index (χ4n) is 4.39. The van der Waals surface area contributed by atoms with Crippen LogP contribution in [0.4, 0.5) is 5.69 Å². The fraction of sp³-hybridized carbons (Fsp3) is 0.333. The van der Waals surface area contributed by atoms with Crippen LogP contribution in [0.5, 0.6) is 5.75 Å². The molecule has 0 aliphatic rings. The van der Waals surface area contributed by atoms with Crippen LogP contribution in [0, 0.1) is 0 Å². The molecule has 0 bridgehead atoms. The van der Waals surface area contributed by atoms with Crippen LogP contribution in [-0.2, 0) is 32.6 Å². The van der Waals surface area contributed by atoms with Gasteiger partial charge in [0.1, 0.15) is 11.8 Å². The minimum atomic E-state index is -3.60.